The minimum Gasteiger partial charge on any atom is -0.484 e. The first kappa shape index (κ1) is 21.4. The van der Waals surface area contributed by atoms with Gasteiger partial charge in [-0.05, 0) is 49.1 Å². The highest BCUT2D eigenvalue weighted by atomic mass is 16.5. The topological polar surface area (TPSA) is 102 Å². The Labute approximate surface area is 176 Å². The van der Waals surface area contributed by atoms with Gasteiger partial charge in [-0.1, -0.05) is 30.3 Å². The summed E-state index contributed by atoms with van der Waals surface area (Å²) in [5.41, 5.74) is 6.71. The second-order valence-corrected chi connectivity index (χ2v) is 7.36. The second-order valence-electron chi connectivity index (χ2n) is 7.36. The van der Waals surface area contributed by atoms with Crippen molar-refractivity contribution >= 4 is 17.7 Å². The zero-order valence-electron chi connectivity index (χ0n) is 16.9. The third-order valence-corrected chi connectivity index (χ3v) is 5.25. The molecule has 0 spiro atoms. The fourth-order valence-electron chi connectivity index (χ4n) is 3.50. The molecular weight excluding hydrogens is 382 g/mol. The summed E-state index contributed by atoms with van der Waals surface area (Å²) in [4.78, 5) is 37.8. The molecule has 0 radical (unpaired) electrons. The summed E-state index contributed by atoms with van der Waals surface area (Å²) in [6.07, 6.45) is 1.90. The summed E-state index contributed by atoms with van der Waals surface area (Å²) in [6, 6.07) is 16.3. The predicted molar refractivity (Wildman–Crippen MR) is 113 cm³/mol. The standard InChI is InChI=1S/C23H27N3O4/c24-22(28)19-6-4-5-17(15-19)9-12-25-23(29)18-10-13-26(14-11-18)21(27)16-30-20-7-2-1-3-8-20/h1-8,15,18H,9-14,16H2,(H2,24,28)(H,25,29). The van der Waals surface area contributed by atoms with E-state index in [1.165, 1.54) is 0 Å². The Hall–Kier alpha value is -3.35. The van der Waals surface area contributed by atoms with Crippen LogP contribution in [-0.2, 0) is 16.0 Å². The van der Waals surface area contributed by atoms with E-state index < -0.39 is 5.91 Å². The molecule has 2 aromatic rings. The molecule has 158 valence electrons. The van der Waals surface area contributed by atoms with E-state index in [9.17, 15) is 14.4 Å². The van der Waals surface area contributed by atoms with Crippen LogP contribution in [0.4, 0.5) is 0 Å². The van der Waals surface area contributed by atoms with Crippen LogP contribution in [0.15, 0.2) is 54.6 Å². The van der Waals surface area contributed by atoms with Crippen LogP contribution >= 0.6 is 0 Å². The Morgan fingerprint density at radius 2 is 1.77 bits per heavy atom. The van der Waals surface area contributed by atoms with Gasteiger partial charge in [0.15, 0.2) is 6.61 Å². The van der Waals surface area contributed by atoms with Crippen LogP contribution in [0.25, 0.3) is 0 Å². The van der Waals surface area contributed by atoms with Crippen LogP contribution < -0.4 is 15.8 Å². The Bertz CT molecular complexity index is 877. The molecular formula is C23H27N3O4. The first-order valence-corrected chi connectivity index (χ1v) is 10.1. The molecule has 0 unspecified atom stereocenters. The van der Waals surface area contributed by atoms with Gasteiger partial charge in [-0.3, -0.25) is 14.4 Å². The number of likely N-dealkylation sites (tertiary alicyclic amines) is 1. The Balaban J connectivity index is 1.37. The molecule has 7 heteroatoms. The molecule has 0 aliphatic carbocycles. The van der Waals surface area contributed by atoms with Crippen LogP contribution in [0, 0.1) is 5.92 Å². The van der Waals surface area contributed by atoms with Crippen molar-refractivity contribution in [2.75, 3.05) is 26.2 Å². The SMILES string of the molecule is NC(=O)c1cccc(CCNC(=O)C2CCN(C(=O)COc3ccccc3)CC2)c1. The average molecular weight is 409 g/mol. The summed E-state index contributed by atoms with van der Waals surface area (Å²) in [7, 11) is 0. The molecule has 0 bridgehead atoms. The minimum atomic E-state index is -0.462. The van der Waals surface area contributed by atoms with Crippen molar-refractivity contribution in [3.8, 4) is 5.75 Å². The molecule has 0 aromatic heterocycles. The van der Waals surface area contributed by atoms with Gasteiger partial charge in [0.25, 0.3) is 5.91 Å². The minimum absolute atomic E-state index is 0.00520. The molecule has 30 heavy (non-hydrogen) atoms. The molecule has 1 heterocycles. The number of hydrogen-bond acceptors (Lipinski definition) is 4. The lowest BCUT2D eigenvalue weighted by Gasteiger charge is -2.31. The van der Waals surface area contributed by atoms with E-state index in [0.717, 1.165) is 5.56 Å². The monoisotopic (exact) mass is 409 g/mol. The number of carbonyl (C=O) groups is 3. The molecule has 3 rings (SSSR count). The highest BCUT2D eigenvalue weighted by Crippen LogP contribution is 2.18. The highest BCUT2D eigenvalue weighted by Gasteiger charge is 2.27. The van der Waals surface area contributed by atoms with Crippen LogP contribution in [0.3, 0.4) is 0 Å². The molecule has 1 aliphatic heterocycles. The molecule has 1 fully saturated rings. The van der Waals surface area contributed by atoms with Crippen molar-refractivity contribution < 1.29 is 19.1 Å². The first-order valence-electron chi connectivity index (χ1n) is 10.1. The van der Waals surface area contributed by atoms with E-state index in [1.54, 1.807) is 23.1 Å². The van der Waals surface area contributed by atoms with Gasteiger partial charge in [0.1, 0.15) is 5.75 Å². The summed E-state index contributed by atoms with van der Waals surface area (Å²) >= 11 is 0. The summed E-state index contributed by atoms with van der Waals surface area (Å²) in [5.74, 6) is 0.0552. The van der Waals surface area contributed by atoms with E-state index >= 15 is 0 Å². The molecule has 3 amide bonds. The average Bonchev–Trinajstić information content (AvgIpc) is 2.78. The maximum Gasteiger partial charge on any atom is 0.260 e. The van der Waals surface area contributed by atoms with Gasteiger partial charge >= 0.3 is 0 Å². The van der Waals surface area contributed by atoms with Gasteiger partial charge in [-0.25, -0.2) is 0 Å². The van der Waals surface area contributed by atoms with E-state index in [0.29, 0.717) is 50.2 Å². The number of carbonyl (C=O) groups excluding carboxylic acids is 3. The lowest BCUT2D eigenvalue weighted by Crippen LogP contribution is -2.44. The quantitative estimate of drug-likeness (QED) is 0.694. The van der Waals surface area contributed by atoms with Crippen molar-refractivity contribution in [2.24, 2.45) is 11.7 Å². The largest absolute Gasteiger partial charge is 0.484 e. The summed E-state index contributed by atoms with van der Waals surface area (Å²) < 4.78 is 5.51. The lowest BCUT2D eigenvalue weighted by atomic mass is 9.95. The Morgan fingerprint density at radius 3 is 2.47 bits per heavy atom. The third-order valence-electron chi connectivity index (χ3n) is 5.25. The van der Waals surface area contributed by atoms with Crippen LogP contribution in [-0.4, -0.2) is 48.9 Å². The zero-order chi connectivity index (χ0) is 21.3. The number of nitrogens with two attached hydrogens (primary N) is 1. The first-order chi connectivity index (χ1) is 14.5. The van der Waals surface area contributed by atoms with Gasteiger partial charge in [0, 0.05) is 31.1 Å². The number of benzene rings is 2. The Morgan fingerprint density at radius 1 is 1.03 bits per heavy atom. The molecule has 7 nitrogen and oxygen atoms in total. The number of piperidine rings is 1. The molecule has 1 aliphatic rings. The number of ether oxygens (including phenoxy) is 1. The molecule has 3 N–H and O–H groups in total. The highest BCUT2D eigenvalue weighted by molar-refractivity contribution is 5.92. The van der Waals surface area contributed by atoms with Crippen LogP contribution in [0.2, 0.25) is 0 Å². The fraction of sp³-hybridized carbons (Fsp3) is 0.348. The van der Waals surface area contributed by atoms with Crippen molar-refractivity contribution in [3.63, 3.8) is 0 Å². The van der Waals surface area contributed by atoms with Crippen molar-refractivity contribution in [1.82, 2.24) is 10.2 Å². The van der Waals surface area contributed by atoms with Gasteiger partial charge in [-0.2, -0.15) is 0 Å². The summed E-state index contributed by atoms with van der Waals surface area (Å²) in [6.45, 7) is 1.60. The fourth-order valence-corrected chi connectivity index (χ4v) is 3.50. The lowest BCUT2D eigenvalue weighted by molar-refractivity contribution is -0.137. The molecule has 1 saturated heterocycles. The number of rotatable bonds is 8. The number of amides is 3. The van der Waals surface area contributed by atoms with Crippen LogP contribution in [0.1, 0.15) is 28.8 Å². The van der Waals surface area contributed by atoms with E-state index in [2.05, 4.69) is 5.32 Å². The molecule has 0 saturated carbocycles. The summed E-state index contributed by atoms with van der Waals surface area (Å²) in [5, 5.41) is 2.96. The van der Waals surface area contributed by atoms with Gasteiger partial charge in [0.05, 0.1) is 0 Å². The molecule has 0 atom stereocenters. The molecule has 2 aromatic carbocycles. The van der Waals surface area contributed by atoms with Gasteiger partial charge in [0.2, 0.25) is 11.8 Å². The number of primary amides is 1. The zero-order valence-corrected chi connectivity index (χ0v) is 16.9. The number of nitrogens with zero attached hydrogens (tertiary/aromatic N) is 1. The van der Waals surface area contributed by atoms with Crippen molar-refractivity contribution in [2.45, 2.75) is 19.3 Å². The van der Waals surface area contributed by atoms with E-state index in [-0.39, 0.29) is 24.3 Å². The van der Waals surface area contributed by atoms with Gasteiger partial charge in [-0.15, -0.1) is 0 Å². The Kier molecular flexibility index (Phi) is 7.43. The number of nitrogens with one attached hydrogen (secondary N) is 1. The normalized spacial score (nSPS) is 14.2. The number of para-hydroxylation sites is 1. The maximum absolute atomic E-state index is 12.4. The van der Waals surface area contributed by atoms with E-state index in [1.807, 2.05) is 36.4 Å². The third kappa shape index (κ3) is 6.07. The van der Waals surface area contributed by atoms with E-state index in [4.69, 9.17) is 10.5 Å². The smallest absolute Gasteiger partial charge is 0.260 e. The van der Waals surface area contributed by atoms with Crippen molar-refractivity contribution in [1.29, 1.82) is 0 Å². The predicted octanol–water partition coefficient (Wildman–Crippen LogP) is 1.76. The van der Waals surface area contributed by atoms with Crippen molar-refractivity contribution in [3.05, 3.63) is 65.7 Å². The van der Waals surface area contributed by atoms with Gasteiger partial charge < -0.3 is 20.7 Å². The number of hydrogen-bond donors (Lipinski definition) is 2. The second kappa shape index (κ2) is 10.4. The maximum atomic E-state index is 12.4. The van der Waals surface area contributed by atoms with Crippen LogP contribution in [0.5, 0.6) is 5.75 Å².